The molecule has 2 rings (SSSR count). The van der Waals surface area contributed by atoms with Gasteiger partial charge in [-0.15, -0.1) is 12.4 Å². The van der Waals surface area contributed by atoms with Crippen LogP contribution in [-0.4, -0.2) is 36.0 Å². The van der Waals surface area contributed by atoms with Crippen molar-refractivity contribution < 1.29 is 4.79 Å². The van der Waals surface area contributed by atoms with Crippen LogP contribution in [0.1, 0.15) is 52.4 Å². The number of nitrogens with one attached hydrogen (secondary N) is 1. The summed E-state index contributed by atoms with van der Waals surface area (Å²) in [6, 6.07) is 1.05. The molecule has 2 aliphatic rings. The van der Waals surface area contributed by atoms with Crippen LogP contribution in [0.5, 0.6) is 0 Å². The maximum atomic E-state index is 12.2. The highest BCUT2D eigenvalue weighted by molar-refractivity contribution is 5.85. The molecule has 3 atom stereocenters. The maximum absolute atomic E-state index is 12.2. The van der Waals surface area contributed by atoms with Crippen LogP contribution in [0.2, 0.25) is 0 Å². The van der Waals surface area contributed by atoms with Gasteiger partial charge in [0.2, 0.25) is 5.91 Å². The fraction of sp³-hybridized carbons (Fsp3) is 0.929. The predicted octanol–water partition coefficient (Wildman–Crippen LogP) is 2.59. The molecule has 0 aliphatic carbocycles. The highest BCUT2D eigenvalue weighted by Gasteiger charge is 2.27. The summed E-state index contributed by atoms with van der Waals surface area (Å²) >= 11 is 0. The summed E-state index contributed by atoms with van der Waals surface area (Å²) in [7, 11) is 0. The number of piperidine rings is 1. The lowest BCUT2D eigenvalue weighted by Gasteiger charge is -2.37. The van der Waals surface area contributed by atoms with Gasteiger partial charge in [-0.1, -0.05) is 6.92 Å². The highest BCUT2D eigenvalue weighted by atomic mass is 35.5. The normalized spacial score (nSPS) is 32.1. The summed E-state index contributed by atoms with van der Waals surface area (Å²) in [6.07, 6.45) is 6.73. The number of hydrogen-bond acceptors (Lipinski definition) is 2. The van der Waals surface area contributed by atoms with Gasteiger partial charge < -0.3 is 10.2 Å². The van der Waals surface area contributed by atoms with Gasteiger partial charge >= 0.3 is 0 Å². The Labute approximate surface area is 117 Å². The molecule has 0 spiro atoms. The zero-order valence-electron chi connectivity index (χ0n) is 11.7. The van der Waals surface area contributed by atoms with Crippen molar-refractivity contribution in [1.29, 1.82) is 0 Å². The molecule has 0 radical (unpaired) electrons. The molecule has 0 bridgehead atoms. The lowest BCUT2D eigenvalue weighted by molar-refractivity contribution is -0.135. The number of hydrogen-bond donors (Lipinski definition) is 1. The van der Waals surface area contributed by atoms with Gasteiger partial charge in [0.25, 0.3) is 0 Å². The fourth-order valence-electron chi connectivity index (χ4n) is 3.08. The van der Waals surface area contributed by atoms with Gasteiger partial charge in [0, 0.05) is 25.0 Å². The number of rotatable bonds is 3. The van der Waals surface area contributed by atoms with Crippen molar-refractivity contribution in [3.8, 4) is 0 Å². The minimum absolute atomic E-state index is 0. The van der Waals surface area contributed by atoms with Crippen LogP contribution < -0.4 is 5.32 Å². The molecule has 1 N–H and O–H groups in total. The van der Waals surface area contributed by atoms with E-state index in [2.05, 4.69) is 24.1 Å². The summed E-state index contributed by atoms with van der Waals surface area (Å²) in [5, 5.41) is 3.46. The molecule has 1 amide bonds. The average molecular weight is 275 g/mol. The molecule has 2 aliphatic heterocycles. The van der Waals surface area contributed by atoms with E-state index in [-0.39, 0.29) is 12.4 Å². The van der Waals surface area contributed by atoms with Gasteiger partial charge in [0.1, 0.15) is 0 Å². The van der Waals surface area contributed by atoms with Gasteiger partial charge in [0.15, 0.2) is 0 Å². The molecule has 2 saturated heterocycles. The minimum atomic E-state index is 0. The molecule has 3 unspecified atom stereocenters. The molecule has 2 heterocycles. The Hall–Kier alpha value is -0.280. The molecule has 18 heavy (non-hydrogen) atoms. The van der Waals surface area contributed by atoms with Crippen molar-refractivity contribution in [2.24, 2.45) is 5.92 Å². The first-order chi connectivity index (χ1) is 8.16. The van der Waals surface area contributed by atoms with E-state index in [0.29, 0.717) is 23.9 Å². The third-order valence-electron chi connectivity index (χ3n) is 4.31. The second-order valence-corrected chi connectivity index (χ2v) is 5.91. The molecule has 0 aromatic heterocycles. The molecular weight excluding hydrogens is 248 g/mol. The summed E-state index contributed by atoms with van der Waals surface area (Å²) in [4.78, 5) is 14.3. The second kappa shape index (κ2) is 7.34. The molecule has 0 saturated carbocycles. The SMILES string of the molecule is CC1CCC(C)N(C(=O)CCC2CCCN2)C1.Cl. The van der Waals surface area contributed by atoms with E-state index in [0.717, 1.165) is 25.9 Å². The fourth-order valence-corrected chi connectivity index (χ4v) is 3.08. The van der Waals surface area contributed by atoms with Crippen molar-refractivity contribution in [3.63, 3.8) is 0 Å². The monoisotopic (exact) mass is 274 g/mol. The molecule has 0 aromatic carbocycles. The number of likely N-dealkylation sites (tertiary alicyclic amines) is 1. The largest absolute Gasteiger partial charge is 0.340 e. The molecule has 4 heteroatoms. The van der Waals surface area contributed by atoms with E-state index >= 15 is 0 Å². The predicted molar refractivity (Wildman–Crippen MR) is 77.1 cm³/mol. The third-order valence-corrected chi connectivity index (χ3v) is 4.31. The van der Waals surface area contributed by atoms with E-state index in [1.54, 1.807) is 0 Å². The first kappa shape index (κ1) is 15.8. The molecule has 2 fully saturated rings. The van der Waals surface area contributed by atoms with Gasteiger partial charge in [0.05, 0.1) is 0 Å². The summed E-state index contributed by atoms with van der Waals surface area (Å²) in [5.74, 6) is 1.05. The maximum Gasteiger partial charge on any atom is 0.222 e. The van der Waals surface area contributed by atoms with Crippen LogP contribution in [0.3, 0.4) is 0 Å². The zero-order chi connectivity index (χ0) is 12.3. The summed E-state index contributed by atoms with van der Waals surface area (Å²) < 4.78 is 0. The molecule has 3 nitrogen and oxygen atoms in total. The van der Waals surface area contributed by atoms with Crippen molar-refractivity contribution in [2.45, 2.75) is 64.5 Å². The number of nitrogens with zero attached hydrogens (tertiary/aromatic N) is 1. The molecule has 106 valence electrons. The van der Waals surface area contributed by atoms with Crippen molar-refractivity contribution >= 4 is 18.3 Å². The minimum Gasteiger partial charge on any atom is -0.340 e. The van der Waals surface area contributed by atoms with Gasteiger partial charge in [-0.05, 0) is 51.5 Å². The lowest BCUT2D eigenvalue weighted by atomic mass is 9.94. The van der Waals surface area contributed by atoms with Crippen LogP contribution in [0.25, 0.3) is 0 Å². The quantitative estimate of drug-likeness (QED) is 0.858. The standard InChI is InChI=1S/C14H26N2O.ClH/c1-11-5-6-12(2)16(10-11)14(17)8-7-13-4-3-9-15-13;/h11-13,15H,3-10H2,1-2H3;1H. The van der Waals surface area contributed by atoms with E-state index in [4.69, 9.17) is 0 Å². The number of halogens is 1. The third kappa shape index (κ3) is 4.13. The van der Waals surface area contributed by atoms with Gasteiger partial charge in [-0.2, -0.15) is 0 Å². The Morgan fingerprint density at radius 3 is 2.72 bits per heavy atom. The van der Waals surface area contributed by atoms with Crippen molar-refractivity contribution in [2.75, 3.05) is 13.1 Å². The van der Waals surface area contributed by atoms with Crippen LogP contribution in [-0.2, 0) is 4.79 Å². The Balaban J connectivity index is 0.00000162. The second-order valence-electron chi connectivity index (χ2n) is 5.91. The topological polar surface area (TPSA) is 32.3 Å². The van der Waals surface area contributed by atoms with E-state index < -0.39 is 0 Å². The van der Waals surface area contributed by atoms with Crippen LogP contribution in [0.15, 0.2) is 0 Å². The first-order valence-electron chi connectivity index (χ1n) is 7.19. The van der Waals surface area contributed by atoms with Crippen molar-refractivity contribution in [3.05, 3.63) is 0 Å². The summed E-state index contributed by atoms with van der Waals surface area (Å²) in [5.41, 5.74) is 0. The zero-order valence-corrected chi connectivity index (χ0v) is 12.5. The number of amides is 1. The molecular formula is C14H27ClN2O. The van der Waals surface area contributed by atoms with Crippen molar-refractivity contribution in [1.82, 2.24) is 10.2 Å². The van der Waals surface area contributed by atoms with Crippen LogP contribution >= 0.6 is 12.4 Å². The van der Waals surface area contributed by atoms with Gasteiger partial charge in [-0.25, -0.2) is 0 Å². The Morgan fingerprint density at radius 1 is 1.28 bits per heavy atom. The number of carbonyl (C=O) groups excluding carboxylic acids is 1. The number of carbonyl (C=O) groups is 1. The van der Waals surface area contributed by atoms with E-state index in [9.17, 15) is 4.79 Å². The van der Waals surface area contributed by atoms with E-state index in [1.807, 2.05) is 0 Å². The van der Waals surface area contributed by atoms with Gasteiger partial charge in [-0.3, -0.25) is 4.79 Å². The smallest absolute Gasteiger partial charge is 0.222 e. The van der Waals surface area contributed by atoms with Crippen LogP contribution in [0.4, 0.5) is 0 Å². The highest BCUT2D eigenvalue weighted by Crippen LogP contribution is 2.22. The van der Waals surface area contributed by atoms with E-state index in [1.165, 1.54) is 25.7 Å². The lowest BCUT2D eigenvalue weighted by Crippen LogP contribution is -2.45. The first-order valence-corrected chi connectivity index (χ1v) is 7.19. The van der Waals surface area contributed by atoms with Crippen LogP contribution in [0, 0.1) is 5.92 Å². The summed E-state index contributed by atoms with van der Waals surface area (Å²) in [6.45, 7) is 6.55. The Bertz CT molecular complexity index is 267. The Kier molecular flexibility index (Phi) is 6.44. The average Bonchev–Trinajstić information content (AvgIpc) is 2.82. The Morgan fingerprint density at radius 2 is 2.06 bits per heavy atom. The molecule has 0 aromatic rings.